The van der Waals surface area contributed by atoms with Crippen molar-refractivity contribution < 1.29 is 9.59 Å². The summed E-state index contributed by atoms with van der Waals surface area (Å²) in [7, 11) is 0. The maximum atomic E-state index is 12.4. The van der Waals surface area contributed by atoms with Crippen LogP contribution in [0.25, 0.3) is 0 Å². The fraction of sp³-hybridized carbons (Fsp3) is 0.176. The van der Waals surface area contributed by atoms with E-state index in [1.807, 2.05) is 60.7 Å². The van der Waals surface area contributed by atoms with Gasteiger partial charge in [-0.05, 0) is 11.1 Å². The molecule has 0 amide bonds. The molecule has 0 N–H and O–H groups in total. The highest BCUT2D eigenvalue weighted by molar-refractivity contribution is 6.07. The Morgan fingerprint density at radius 2 is 1.37 bits per heavy atom. The van der Waals surface area contributed by atoms with Crippen molar-refractivity contribution in [2.75, 3.05) is 0 Å². The van der Waals surface area contributed by atoms with Crippen LogP contribution in [-0.2, 0) is 15.0 Å². The average Bonchev–Trinajstić information content (AvgIpc) is 2.50. The van der Waals surface area contributed by atoms with E-state index in [4.69, 9.17) is 0 Å². The summed E-state index contributed by atoms with van der Waals surface area (Å²) in [6.45, 7) is 1.78. The normalized spacial score (nSPS) is 11.0. The van der Waals surface area contributed by atoms with Gasteiger partial charge < -0.3 is 4.79 Å². The Morgan fingerprint density at radius 3 is 1.68 bits per heavy atom. The number of carbonyl (C=O) groups is 2. The van der Waals surface area contributed by atoms with Crippen LogP contribution in [0.15, 0.2) is 60.7 Å². The molecule has 0 unspecified atom stereocenters. The summed E-state index contributed by atoms with van der Waals surface area (Å²) in [4.78, 5) is 24.2. The molecule has 2 aromatic rings. The van der Waals surface area contributed by atoms with Crippen LogP contribution in [0.4, 0.5) is 0 Å². The molecule has 0 aromatic heterocycles. The molecule has 0 atom stereocenters. The summed E-state index contributed by atoms with van der Waals surface area (Å²) in [5.74, 6) is -0.0834. The van der Waals surface area contributed by atoms with Gasteiger partial charge in [0.2, 0.25) is 0 Å². The smallest absolute Gasteiger partial charge is 0.154 e. The number of hydrogen-bond donors (Lipinski definition) is 0. The van der Waals surface area contributed by atoms with Gasteiger partial charge in [0.05, 0.1) is 0 Å². The van der Waals surface area contributed by atoms with Gasteiger partial charge in [0, 0.05) is 6.42 Å². The topological polar surface area (TPSA) is 34.1 Å². The van der Waals surface area contributed by atoms with Gasteiger partial charge in [-0.3, -0.25) is 4.79 Å². The summed E-state index contributed by atoms with van der Waals surface area (Å²) in [6.07, 6.45) is 1.09. The highest BCUT2D eigenvalue weighted by Crippen LogP contribution is 2.32. The minimum atomic E-state index is -1.18. The highest BCUT2D eigenvalue weighted by atomic mass is 16.1. The second-order valence-corrected chi connectivity index (χ2v) is 4.43. The molecular formula is C17H16O2. The van der Waals surface area contributed by atoms with E-state index in [2.05, 4.69) is 0 Å². The van der Waals surface area contributed by atoms with Crippen LogP contribution < -0.4 is 0 Å². The van der Waals surface area contributed by atoms with E-state index >= 15 is 0 Å². The predicted molar refractivity (Wildman–Crippen MR) is 75.0 cm³/mol. The predicted octanol–water partition coefficient (Wildman–Crippen LogP) is 3.15. The van der Waals surface area contributed by atoms with E-state index in [1.165, 1.54) is 0 Å². The lowest BCUT2D eigenvalue weighted by atomic mass is 9.72. The van der Waals surface area contributed by atoms with Crippen LogP contribution >= 0.6 is 0 Å². The second-order valence-electron chi connectivity index (χ2n) is 4.43. The van der Waals surface area contributed by atoms with Crippen molar-refractivity contribution in [3.05, 3.63) is 71.8 Å². The Morgan fingerprint density at radius 1 is 0.947 bits per heavy atom. The molecule has 0 bridgehead atoms. The lowest BCUT2D eigenvalue weighted by Gasteiger charge is -2.27. The minimum absolute atomic E-state index is 0.0834. The number of rotatable bonds is 5. The first-order valence-corrected chi connectivity index (χ1v) is 6.36. The summed E-state index contributed by atoms with van der Waals surface area (Å²) in [5.41, 5.74) is 0.267. The third kappa shape index (κ3) is 2.22. The van der Waals surface area contributed by atoms with Crippen LogP contribution in [0.1, 0.15) is 24.5 Å². The van der Waals surface area contributed by atoms with Crippen molar-refractivity contribution in [3.8, 4) is 0 Å². The Labute approximate surface area is 113 Å². The third-order valence-electron chi connectivity index (χ3n) is 3.40. The van der Waals surface area contributed by atoms with Crippen LogP contribution in [-0.4, -0.2) is 12.1 Å². The molecule has 0 fully saturated rings. The number of ketones is 1. The van der Waals surface area contributed by atoms with E-state index in [9.17, 15) is 9.59 Å². The average molecular weight is 252 g/mol. The lowest BCUT2D eigenvalue weighted by molar-refractivity contribution is -0.127. The molecule has 0 spiro atoms. The van der Waals surface area contributed by atoms with Crippen LogP contribution in [0.2, 0.25) is 0 Å². The second kappa shape index (κ2) is 5.61. The molecule has 19 heavy (non-hydrogen) atoms. The van der Waals surface area contributed by atoms with E-state index in [0.29, 0.717) is 6.42 Å². The Balaban J connectivity index is 2.69. The van der Waals surface area contributed by atoms with Gasteiger partial charge in [0.1, 0.15) is 11.7 Å². The fourth-order valence-electron chi connectivity index (χ4n) is 2.37. The number of benzene rings is 2. The van der Waals surface area contributed by atoms with Gasteiger partial charge in [-0.15, -0.1) is 0 Å². The summed E-state index contributed by atoms with van der Waals surface area (Å²) in [6, 6.07) is 18.5. The standard InChI is InChI=1S/C17H16O2/c1-2-16(19)17(13-18,14-9-5-3-6-10-14)15-11-7-4-8-12-15/h3-13H,2H2,1H3. The van der Waals surface area contributed by atoms with E-state index in [1.54, 1.807) is 6.92 Å². The van der Waals surface area contributed by atoms with Gasteiger partial charge in [0.25, 0.3) is 0 Å². The fourth-order valence-corrected chi connectivity index (χ4v) is 2.37. The molecule has 0 aliphatic rings. The molecular weight excluding hydrogens is 236 g/mol. The van der Waals surface area contributed by atoms with Gasteiger partial charge in [0.15, 0.2) is 5.78 Å². The number of carbonyl (C=O) groups excluding carboxylic acids is 2. The van der Waals surface area contributed by atoms with Crippen molar-refractivity contribution in [3.63, 3.8) is 0 Å². The quantitative estimate of drug-likeness (QED) is 0.605. The first-order valence-electron chi connectivity index (χ1n) is 6.36. The van der Waals surface area contributed by atoms with Crippen molar-refractivity contribution in [2.24, 2.45) is 0 Å². The summed E-state index contributed by atoms with van der Waals surface area (Å²) >= 11 is 0. The summed E-state index contributed by atoms with van der Waals surface area (Å²) < 4.78 is 0. The van der Waals surface area contributed by atoms with Crippen LogP contribution in [0.5, 0.6) is 0 Å². The molecule has 2 nitrogen and oxygen atoms in total. The molecule has 0 saturated heterocycles. The van der Waals surface area contributed by atoms with Gasteiger partial charge in [-0.1, -0.05) is 67.6 Å². The molecule has 2 aromatic carbocycles. The molecule has 96 valence electrons. The van der Waals surface area contributed by atoms with Gasteiger partial charge >= 0.3 is 0 Å². The number of hydrogen-bond acceptors (Lipinski definition) is 2. The van der Waals surface area contributed by atoms with Crippen molar-refractivity contribution in [2.45, 2.75) is 18.8 Å². The molecule has 0 heterocycles. The number of Topliss-reactive ketones (excluding diaryl/α,β-unsaturated/α-hetero) is 1. The van der Waals surface area contributed by atoms with E-state index in [-0.39, 0.29) is 5.78 Å². The Kier molecular flexibility index (Phi) is 3.91. The molecule has 2 heteroatoms. The maximum absolute atomic E-state index is 12.4. The highest BCUT2D eigenvalue weighted by Gasteiger charge is 2.40. The number of aldehydes is 1. The van der Waals surface area contributed by atoms with Crippen molar-refractivity contribution in [1.82, 2.24) is 0 Å². The lowest BCUT2D eigenvalue weighted by Crippen LogP contribution is -2.38. The van der Waals surface area contributed by atoms with Crippen LogP contribution in [0.3, 0.4) is 0 Å². The van der Waals surface area contributed by atoms with E-state index < -0.39 is 5.41 Å². The molecule has 0 aliphatic carbocycles. The first kappa shape index (κ1) is 13.2. The monoisotopic (exact) mass is 252 g/mol. The van der Waals surface area contributed by atoms with Gasteiger partial charge in [-0.25, -0.2) is 0 Å². The largest absolute Gasteiger partial charge is 0.302 e. The third-order valence-corrected chi connectivity index (χ3v) is 3.40. The van der Waals surface area contributed by atoms with Gasteiger partial charge in [-0.2, -0.15) is 0 Å². The van der Waals surface area contributed by atoms with Crippen molar-refractivity contribution in [1.29, 1.82) is 0 Å². The SMILES string of the molecule is CCC(=O)C(C=O)(c1ccccc1)c1ccccc1. The first-order chi connectivity index (χ1) is 9.25. The zero-order valence-corrected chi connectivity index (χ0v) is 10.9. The molecule has 2 rings (SSSR count). The molecule has 0 saturated carbocycles. The van der Waals surface area contributed by atoms with Crippen molar-refractivity contribution >= 4 is 12.1 Å². The van der Waals surface area contributed by atoms with Crippen LogP contribution in [0, 0.1) is 0 Å². The van der Waals surface area contributed by atoms with E-state index in [0.717, 1.165) is 17.4 Å². The maximum Gasteiger partial charge on any atom is 0.154 e. The zero-order chi connectivity index (χ0) is 13.7. The Hall–Kier alpha value is -2.22. The minimum Gasteiger partial charge on any atom is -0.302 e. The molecule has 0 radical (unpaired) electrons. The Bertz CT molecular complexity index is 519. The summed E-state index contributed by atoms with van der Waals surface area (Å²) in [5, 5.41) is 0. The zero-order valence-electron chi connectivity index (χ0n) is 10.9. The molecule has 0 aliphatic heterocycles.